The minimum Gasteiger partial charge on any atom is -0.353 e. The van der Waals surface area contributed by atoms with E-state index in [1.807, 2.05) is 18.2 Å². The summed E-state index contributed by atoms with van der Waals surface area (Å²) in [5, 5.41) is 7.05. The van der Waals surface area contributed by atoms with E-state index in [2.05, 4.69) is 47.7 Å². The molecule has 1 saturated carbocycles. The van der Waals surface area contributed by atoms with Crippen molar-refractivity contribution in [3.05, 3.63) is 59.3 Å². The van der Waals surface area contributed by atoms with Crippen LogP contribution in [0.2, 0.25) is 0 Å². The van der Waals surface area contributed by atoms with Gasteiger partial charge in [0.15, 0.2) is 0 Å². The van der Waals surface area contributed by atoms with E-state index in [1.54, 1.807) is 6.20 Å². The van der Waals surface area contributed by atoms with E-state index < -0.39 is 0 Å². The number of aryl methyl sites for hydroxylation is 2. The Balaban J connectivity index is 1.37. The summed E-state index contributed by atoms with van der Waals surface area (Å²) in [6.45, 7) is 4.71. The van der Waals surface area contributed by atoms with Crippen LogP contribution in [0.4, 0.5) is 0 Å². The molecule has 0 saturated heterocycles. The maximum Gasteiger partial charge on any atom is 0.230 e. The minimum atomic E-state index is 0.0310. The third-order valence-corrected chi connectivity index (χ3v) is 6.35. The summed E-state index contributed by atoms with van der Waals surface area (Å²) in [7, 11) is 0. The van der Waals surface area contributed by atoms with Crippen molar-refractivity contribution in [2.24, 2.45) is 5.92 Å². The van der Waals surface area contributed by atoms with Gasteiger partial charge in [0, 0.05) is 24.7 Å². The molecule has 2 N–H and O–H groups in total. The molecule has 0 bridgehead atoms. The zero-order valence-corrected chi connectivity index (χ0v) is 17.9. The molecule has 5 nitrogen and oxygen atoms in total. The zero-order chi connectivity index (χ0) is 20.6. The van der Waals surface area contributed by atoms with Gasteiger partial charge in [-0.3, -0.25) is 9.59 Å². The number of pyridine rings is 1. The van der Waals surface area contributed by atoms with Gasteiger partial charge < -0.3 is 10.6 Å². The summed E-state index contributed by atoms with van der Waals surface area (Å²) in [4.78, 5) is 28.9. The molecule has 1 aliphatic rings. The van der Waals surface area contributed by atoms with Gasteiger partial charge in [0.2, 0.25) is 11.8 Å². The third kappa shape index (κ3) is 6.60. The number of hydrogen-bond donors (Lipinski definition) is 2. The molecule has 3 rings (SSSR count). The van der Waals surface area contributed by atoms with Gasteiger partial charge in [0.1, 0.15) is 0 Å². The van der Waals surface area contributed by atoms with E-state index in [4.69, 9.17) is 0 Å². The summed E-state index contributed by atoms with van der Waals surface area (Å²) < 4.78 is 0. The lowest BCUT2D eigenvalue weighted by molar-refractivity contribution is -0.126. The van der Waals surface area contributed by atoms with E-state index >= 15 is 0 Å². The standard InChI is InChI=1S/C23H29N3O2S/c1-16-6-7-17(2)19(13-16)14-25-23(28)18-8-10-20(11-9-18)26-21(27)15-29-22-5-3-4-12-24-22/h3-7,12-13,18,20H,8-11,14-15H2,1-2H3,(H,25,28)(H,26,27). The molecule has 0 unspecified atom stereocenters. The third-order valence-electron chi connectivity index (χ3n) is 5.41. The second-order valence-corrected chi connectivity index (χ2v) is 8.72. The maximum atomic E-state index is 12.5. The quantitative estimate of drug-likeness (QED) is 0.680. The summed E-state index contributed by atoms with van der Waals surface area (Å²) >= 11 is 1.44. The molecule has 1 aromatic carbocycles. The average Bonchev–Trinajstić information content (AvgIpc) is 2.74. The summed E-state index contributed by atoms with van der Waals surface area (Å²) in [6, 6.07) is 12.2. The fourth-order valence-corrected chi connectivity index (χ4v) is 4.33. The number of rotatable bonds is 7. The summed E-state index contributed by atoms with van der Waals surface area (Å²) in [5.41, 5.74) is 3.58. The van der Waals surface area contributed by atoms with Crippen LogP contribution in [0.15, 0.2) is 47.6 Å². The van der Waals surface area contributed by atoms with Gasteiger partial charge >= 0.3 is 0 Å². The molecule has 1 aromatic heterocycles. The Kier molecular flexibility index (Phi) is 7.69. The maximum absolute atomic E-state index is 12.5. The molecule has 0 radical (unpaired) electrons. The Bertz CT molecular complexity index is 833. The van der Waals surface area contributed by atoms with Gasteiger partial charge in [-0.15, -0.1) is 0 Å². The molecule has 1 fully saturated rings. The van der Waals surface area contributed by atoms with E-state index in [-0.39, 0.29) is 23.8 Å². The highest BCUT2D eigenvalue weighted by molar-refractivity contribution is 7.99. The number of carbonyl (C=O) groups excluding carboxylic acids is 2. The van der Waals surface area contributed by atoms with Gasteiger partial charge in [0.05, 0.1) is 10.8 Å². The second-order valence-electron chi connectivity index (χ2n) is 7.72. The van der Waals surface area contributed by atoms with Crippen LogP contribution >= 0.6 is 11.8 Å². The number of carbonyl (C=O) groups is 2. The van der Waals surface area contributed by atoms with Crippen molar-refractivity contribution < 1.29 is 9.59 Å². The topological polar surface area (TPSA) is 71.1 Å². The minimum absolute atomic E-state index is 0.0310. The molecule has 0 atom stereocenters. The average molecular weight is 412 g/mol. The van der Waals surface area contributed by atoms with Crippen LogP contribution in [0, 0.1) is 19.8 Å². The molecule has 0 spiro atoms. The predicted molar refractivity (Wildman–Crippen MR) is 117 cm³/mol. The second kappa shape index (κ2) is 10.4. The lowest BCUT2D eigenvalue weighted by Gasteiger charge is -2.28. The Hall–Kier alpha value is -2.34. The van der Waals surface area contributed by atoms with Crippen molar-refractivity contribution in [1.82, 2.24) is 15.6 Å². The van der Waals surface area contributed by atoms with Crippen molar-refractivity contribution in [2.45, 2.75) is 57.1 Å². The molecule has 1 aliphatic carbocycles. The number of amides is 2. The molecule has 154 valence electrons. The first-order valence-electron chi connectivity index (χ1n) is 10.2. The van der Waals surface area contributed by atoms with Crippen LogP contribution in [0.3, 0.4) is 0 Å². The van der Waals surface area contributed by atoms with Gasteiger partial charge in [-0.2, -0.15) is 0 Å². The SMILES string of the molecule is Cc1ccc(C)c(CNC(=O)C2CCC(NC(=O)CSc3ccccn3)CC2)c1. The number of nitrogens with zero attached hydrogens (tertiary/aromatic N) is 1. The van der Waals surface area contributed by atoms with E-state index in [1.165, 1.54) is 28.5 Å². The number of aromatic nitrogens is 1. The number of thioether (sulfide) groups is 1. The smallest absolute Gasteiger partial charge is 0.230 e. The van der Waals surface area contributed by atoms with Crippen LogP contribution in [0.1, 0.15) is 42.4 Å². The summed E-state index contributed by atoms with van der Waals surface area (Å²) in [6.07, 6.45) is 5.06. The van der Waals surface area contributed by atoms with Gasteiger partial charge in [-0.1, -0.05) is 41.6 Å². The van der Waals surface area contributed by atoms with Crippen LogP contribution in [0.25, 0.3) is 0 Å². The predicted octanol–water partition coefficient (Wildman–Crippen LogP) is 3.78. The van der Waals surface area contributed by atoms with E-state index in [0.29, 0.717) is 12.3 Å². The Morgan fingerprint density at radius 3 is 2.62 bits per heavy atom. The number of nitrogens with one attached hydrogen (secondary N) is 2. The Morgan fingerprint density at radius 1 is 1.10 bits per heavy atom. The van der Waals surface area contributed by atoms with E-state index in [9.17, 15) is 9.59 Å². The van der Waals surface area contributed by atoms with Crippen molar-refractivity contribution in [2.75, 3.05) is 5.75 Å². The highest BCUT2D eigenvalue weighted by Crippen LogP contribution is 2.25. The fourth-order valence-electron chi connectivity index (χ4n) is 3.66. The lowest BCUT2D eigenvalue weighted by Crippen LogP contribution is -2.41. The Morgan fingerprint density at radius 2 is 1.90 bits per heavy atom. The highest BCUT2D eigenvalue weighted by Gasteiger charge is 2.27. The molecule has 6 heteroatoms. The van der Waals surface area contributed by atoms with Crippen LogP contribution < -0.4 is 10.6 Å². The lowest BCUT2D eigenvalue weighted by atomic mass is 9.85. The largest absolute Gasteiger partial charge is 0.353 e. The van der Waals surface area contributed by atoms with E-state index in [0.717, 1.165) is 30.7 Å². The van der Waals surface area contributed by atoms with Crippen molar-refractivity contribution in [1.29, 1.82) is 0 Å². The van der Waals surface area contributed by atoms with Gasteiger partial charge in [0.25, 0.3) is 0 Å². The van der Waals surface area contributed by atoms with Crippen LogP contribution in [-0.2, 0) is 16.1 Å². The molecule has 0 aliphatic heterocycles. The monoisotopic (exact) mass is 411 g/mol. The first kappa shape index (κ1) is 21.4. The van der Waals surface area contributed by atoms with Crippen molar-refractivity contribution in [3.8, 4) is 0 Å². The van der Waals surface area contributed by atoms with Gasteiger partial charge in [-0.25, -0.2) is 4.98 Å². The molecular weight excluding hydrogens is 382 g/mol. The normalized spacial score (nSPS) is 18.8. The zero-order valence-electron chi connectivity index (χ0n) is 17.1. The summed E-state index contributed by atoms with van der Waals surface area (Å²) in [5.74, 6) is 0.564. The molecule has 2 aromatic rings. The molecule has 29 heavy (non-hydrogen) atoms. The molecular formula is C23H29N3O2S. The van der Waals surface area contributed by atoms with Crippen molar-refractivity contribution >= 4 is 23.6 Å². The van der Waals surface area contributed by atoms with Crippen molar-refractivity contribution in [3.63, 3.8) is 0 Å². The van der Waals surface area contributed by atoms with Gasteiger partial charge in [-0.05, 0) is 62.8 Å². The number of hydrogen-bond acceptors (Lipinski definition) is 4. The first-order valence-corrected chi connectivity index (χ1v) is 11.2. The molecule has 1 heterocycles. The first-order chi connectivity index (χ1) is 14.0. The fraction of sp³-hybridized carbons (Fsp3) is 0.435. The Labute approximate surface area is 177 Å². The highest BCUT2D eigenvalue weighted by atomic mass is 32.2. The number of benzene rings is 1. The van der Waals surface area contributed by atoms with Crippen LogP contribution in [-0.4, -0.2) is 28.6 Å². The van der Waals surface area contributed by atoms with Crippen LogP contribution in [0.5, 0.6) is 0 Å². The molecule has 2 amide bonds.